The van der Waals surface area contributed by atoms with Gasteiger partial charge in [-0.25, -0.2) is 14.1 Å². The summed E-state index contributed by atoms with van der Waals surface area (Å²) in [4.78, 5) is 49.9. The fourth-order valence-electron chi connectivity index (χ4n) is 2.75. The van der Waals surface area contributed by atoms with Crippen molar-refractivity contribution in [1.82, 2.24) is 5.32 Å². The van der Waals surface area contributed by atoms with Gasteiger partial charge in [0.15, 0.2) is 6.61 Å². The number of ether oxygens (including phenoxy) is 2. The molecule has 1 aliphatic rings. The third-order valence-corrected chi connectivity index (χ3v) is 4.17. The molecule has 0 unspecified atom stereocenters. The standard InChI is InChI=1S/C20H17FN2O6/c1-28-9-8-22-17(24)11-29-20(27)12-2-7-15-16(10-12)19(26)23(18(15)25)14-5-3-13(21)4-6-14/h2-7,10H,8-9,11H2,1H3,(H,22,24). The van der Waals surface area contributed by atoms with E-state index in [0.29, 0.717) is 6.61 Å². The molecule has 29 heavy (non-hydrogen) atoms. The Kier molecular flexibility index (Phi) is 5.99. The molecule has 0 radical (unpaired) electrons. The number of carbonyl (C=O) groups excluding carboxylic acids is 4. The van der Waals surface area contributed by atoms with Gasteiger partial charge < -0.3 is 14.8 Å². The highest BCUT2D eigenvalue weighted by molar-refractivity contribution is 6.34. The summed E-state index contributed by atoms with van der Waals surface area (Å²) in [6, 6.07) is 8.82. The van der Waals surface area contributed by atoms with Crippen LogP contribution in [0.3, 0.4) is 0 Å². The highest BCUT2D eigenvalue weighted by Gasteiger charge is 2.37. The van der Waals surface area contributed by atoms with E-state index in [1.807, 2.05) is 0 Å². The van der Waals surface area contributed by atoms with Crippen molar-refractivity contribution in [3.63, 3.8) is 0 Å². The van der Waals surface area contributed by atoms with Crippen molar-refractivity contribution in [3.8, 4) is 0 Å². The van der Waals surface area contributed by atoms with Crippen LogP contribution in [0.4, 0.5) is 10.1 Å². The summed E-state index contributed by atoms with van der Waals surface area (Å²) in [5.74, 6) is -3.01. The molecule has 3 rings (SSSR count). The number of nitrogens with zero attached hydrogens (tertiary/aromatic N) is 1. The molecule has 0 aliphatic carbocycles. The Morgan fingerprint density at radius 3 is 2.41 bits per heavy atom. The predicted molar refractivity (Wildman–Crippen MR) is 99.2 cm³/mol. The monoisotopic (exact) mass is 400 g/mol. The smallest absolute Gasteiger partial charge is 0.338 e. The molecule has 9 heteroatoms. The van der Waals surface area contributed by atoms with E-state index in [-0.39, 0.29) is 28.9 Å². The van der Waals surface area contributed by atoms with Crippen molar-refractivity contribution in [1.29, 1.82) is 0 Å². The molecule has 0 saturated heterocycles. The van der Waals surface area contributed by atoms with Crippen LogP contribution in [0.5, 0.6) is 0 Å². The van der Waals surface area contributed by atoms with E-state index in [0.717, 1.165) is 17.0 Å². The third-order valence-electron chi connectivity index (χ3n) is 4.17. The van der Waals surface area contributed by atoms with Crippen molar-refractivity contribution < 1.29 is 33.0 Å². The van der Waals surface area contributed by atoms with E-state index in [2.05, 4.69) is 5.32 Å². The van der Waals surface area contributed by atoms with E-state index >= 15 is 0 Å². The molecule has 0 saturated carbocycles. The maximum atomic E-state index is 13.1. The molecule has 3 amide bonds. The number of esters is 1. The van der Waals surface area contributed by atoms with Gasteiger partial charge in [-0.1, -0.05) is 0 Å². The van der Waals surface area contributed by atoms with Crippen molar-refractivity contribution in [2.75, 3.05) is 31.8 Å². The summed E-state index contributed by atoms with van der Waals surface area (Å²) in [5, 5.41) is 2.50. The van der Waals surface area contributed by atoms with Gasteiger partial charge in [0.25, 0.3) is 17.7 Å². The van der Waals surface area contributed by atoms with Crippen LogP contribution in [0.15, 0.2) is 42.5 Å². The molecule has 8 nitrogen and oxygen atoms in total. The number of fused-ring (bicyclic) bond motifs is 1. The Labute approximate surface area is 165 Å². The fraction of sp³-hybridized carbons (Fsp3) is 0.200. The lowest BCUT2D eigenvalue weighted by molar-refractivity contribution is -0.124. The summed E-state index contributed by atoms with van der Waals surface area (Å²) in [6.07, 6.45) is 0. The Balaban J connectivity index is 1.71. The number of amides is 3. The molecule has 2 aromatic carbocycles. The number of carbonyl (C=O) groups is 4. The molecule has 150 valence electrons. The molecule has 0 atom stereocenters. The Morgan fingerprint density at radius 2 is 1.72 bits per heavy atom. The number of hydrogen-bond acceptors (Lipinski definition) is 6. The number of halogens is 1. The van der Waals surface area contributed by atoms with Crippen LogP contribution in [0.1, 0.15) is 31.1 Å². The number of anilines is 1. The predicted octanol–water partition coefficient (Wildman–Crippen LogP) is 1.55. The molecule has 0 bridgehead atoms. The normalized spacial score (nSPS) is 12.7. The van der Waals surface area contributed by atoms with Gasteiger partial charge >= 0.3 is 5.97 Å². The first-order valence-corrected chi connectivity index (χ1v) is 8.63. The van der Waals surface area contributed by atoms with E-state index in [1.165, 1.54) is 37.4 Å². The fourth-order valence-corrected chi connectivity index (χ4v) is 2.75. The zero-order chi connectivity index (χ0) is 21.0. The number of nitrogens with one attached hydrogen (secondary N) is 1. The van der Waals surface area contributed by atoms with Crippen LogP contribution in [0, 0.1) is 5.82 Å². The van der Waals surface area contributed by atoms with E-state index in [1.54, 1.807) is 0 Å². The first-order chi connectivity index (χ1) is 13.9. The largest absolute Gasteiger partial charge is 0.452 e. The molecule has 1 heterocycles. The second-order valence-electron chi connectivity index (χ2n) is 6.10. The van der Waals surface area contributed by atoms with Crippen LogP contribution >= 0.6 is 0 Å². The zero-order valence-corrected chi connectivity index (χ0v) is 15.4. The van der Waals surface area contributed by atoms with Gasteiger partial charge in [-0.3, -0.25) is 14.4 Å². The maximum Gasteiger partial charge on any atom is 0.338 e. The van der Waals surface area contributed by atoms with Crippen molar-refractivity contribution in [2.24, 2.45) is 0 Å². The van der Waals surface area contributed by atoms with Gasteiger partial charge in [-0.05, 0) is 42.5 Å². The second-order valence-corrected chi connectivity index (χ2v) is 6.10. The molecule has 0 spiro atoms. The number of methoxy groups -OCH3 is 1. The first-order valence-electron chi connectivity index (χ1n) is 8.63. The van der Waals surface area contributed by atoms with E-state index < -0.39 is 36.1 Å². The highest BCUT2D eigenvalue weighted by atomic mass is 19.1. The summed E-state index contributed by atoms with van der Waals surface area (Å²) < 4.78 is 22.8. The average molecular weight is 400 g/mol. The highest BCUT2D eigenvalue weighted by Crippen LogP contribution is 2.29. The summed E-state index contributed by atoms with van der Waals surface area (Å²) in [7, 11) is 1.49. The van der Waals surface area contributed by atoms with Crippen molar-refractivity contribution in [2.45, 2.75) is 0 Å². The van der Waals surface area contributed by atoms with Crippen LogP contribution in [0.2, 0.25) is 0 Å². The van der Waals surface area contributed by atoms with Crippen molar-refractivity contribution >= 4 is 29.4 Å². The van der Waals surface area contributed by atoms with Crippen LogP contribution < -0.4 is 10.2 Å². The number of hydrogen-bond donors (Lipinski definition) is 1. The molecule has 1 aliphatic heterocycles. The Hall–Kier alpha value is -3.59. The number of imide groups is 1. The van der Waals surface area contributed by atoms with Crippen LogP contribution in [-0.2, 0) is 14.3 Å². The molecule has 2 aromatic rings. The summed E-state index contributed by atoms with van der Waals surface area (Å²) >= 11 is 0. The molecular formula is C20H17FN2O6. The summed E-state index contributed by atoms with van der Waals surface area (Å²) in [6.45, 7) is 0.112. The second kappa shape index (κ2) is 8.61. The number of benzene rings is 2. The number of rotatable bonds is 7. The van der Waals surface area contributed by atoms with Gasteiger partial charge in [-0.2, -0.15) is 0 Å². The van der Waals surface area contributed by atoms with Gasteiger partial charge in [0.1, 0.15) is 5.82 Å². The molecular weight excluding hydrogens is 383 g/mol. The van der Waals surface area contributed by atoms with Crippen LogP contribution in [0.25, 0.3) is 0 Å². The van der Waals surface area contributed by atoms with Gasteiger partial charge in [-0.15, -0.1) is 0 Å². The molecule has 1 N–H and O–H groups in total. The lowest BCUT2D eigenvalue weighted by atomic mass is 10.1. The first kappa shape index (κ1) is 20.2. The lowest BCUT2D eigenvalue weighted by Gasteiger charge is -2.13. The van der Waals surface area contributed by atoms with Crippen molar-refractivity contribution in [3.05, 3.63) is 65.0 Å². The van der Waals surface area contributed by atoms with Crippen LogP contribution in [-0.4, -0.2) is 50.6 Å². The topological polar surface area (TPSA) is 102 Å². The quantitative estimate of drug-likeness (QED) is 0.430. The molecule has 0 aromatic heterocycles. The minimum Gasteiger partial charge on any atom is -0.452 e. The maximum absolute atomic E-state index is 13.1. The summed E-state index contributed by atoms with van der Waals surface area (Å²) in [5.41, 5.74) is 0.386. The minimum absolute atomic E-state index is 0.0237. The van der Waals surface area contributed by atoms with Gasteiger partial charge in [0.2, 0.25) is 0 Å². The van der Waals surface area contributed by atoms with Gasteiger partial charge in [0, 0.05) is 13.7 Å². The molecule has 0 fully saturated rings. The minimum atomic E-state index is -0.810. The average Bonchev–Trinajstić information content (AvgIpc) is 2.97. The SMILES string of the molecule is COCCNC(=O)COC(=O)c1ccc2c(c1)C(=O)N(c1ccc(F)cc1)C2=O. The Morgan fingerprint density at radius 1 is 1.03 bits per heavy atom. The zero-order valence-electron chi connectivity index (χ0n) is 15.4. The van der Waals surface area contributed by atoms with E-state index in [4.69, 9.17) is 9.47 Å². The lowest BCUT2D eigenvalue weighted by Crippen LogP contribution is -2.31. The Bertz CT molecular complexity index is 973. The van der Waals surface area contributed by atoms with Gasteiger partial charge in [0.05, 0.1) is 29.0 Å². The third kappa shape index (κ3) is 4.30. The van der Waals surface area contributed by atoms with E-state index in [9.17, 15) is 23.6 Å².